The third-order valence-corrected chi connectivity index (χ3v) is 7.56. The number of rotatable bonds is 3. The van der Waals surface area contributed by atoms with E-state index in [-0.39, 0.29) is 28.4 Å². The Bertz CT molecular complexity index is 1830. The van der Waals surface area contributed by atoms with Crippen LogP contribution in [0.2, 0.25) is 0 Å². The van der Waals surface area contributed by atoms with Crippen molar-refractivity contribution in [3.63, 3.8) is 0 Å². The Morgan fingerprint density at radius 2 is 1.33 bits per heavy atom. The normalized spacial score (nSPS) is 17.2. The molecule has 0 radical (unpaired) electrons. The second-order valence-electron chi connectivity index (χ2n) is 8.49. The van der Waals surface area contributed by atoms with E-state index < -0.39 is 61.4 Å². The lowest BCUT2D eigenvalue weighted by molar-refractivity contribution is 0.0224. The van der Waals surface area contributed by atoms with E-state index in [1.54, 1.807) is 18.2 Å². The van der Waals surface area contributed by atoms with Crippen LogP contribution in [0.15, 0.2) is 65.6 Å². The van der Waals surface area contributed by atoms with Crippen molar-refractivity contribution in [2.45, 2.75) is 10.5 Å². The van der Waals surface area contributed by atoms with Crippen LogP contribution in [0.5, 0.6) is 23.0 Å². The summed E-state index contributed by atoms with van der Waals surface area (Å²) in [6.07, 6.45) is 0. The molecule has 4 aromatic rings. The highest BCUT2D eigenvalue weighted by Crippen LogP contribution is 2.57. The van der Waals surface area contributed by atoms with E-state index in [0.717, 1.165) is 12.1 Å². The van der Waals surface area contributed by atoms with Crippen LogP contribution >= 0.6 is 0 Å². The SMILES string of the molecule is O=C1O[C@]2(c3ccc(O)cc3Oc3cc(OS(=O)(=O)c4c(F)c(F)c(F)c(F)c4F)ccc32)c2ccccc21. The third kappa shape index (κ3) is 3.39. The Balaban J connectivity index is 1.50. The number of hydrogen-bond donors (Lipinski definition) is 1. The second-order valence-corrected chi connectivity index (χ2v) is 9.98. The summed E-state index contributed by atoms with van der Waals surface area (Å²) in [6, 6.07) is 13.7. The predicted octanol–water partition coefficient (Wildman–Crippen LogP) is 5.42. The van der Waals surface area contributed by atoms with Gasteiger partial charge in [0.1, 0.15) is 23.0 Å². The molecule has 0 aromatic heterocycles. The zero-order valence-electron chi connectivity index (χ0n) is 19.0. The van der Waals surface area contributed by atoms with Gasteiger partial charge in [-0.3, -0.25) is 0 Å². The molecule has 1 spiro atoms. The molecule has 0 unspecified atom stereocenters. The number of carbonyl (C=O) groups is 1. The second kappa shape index (κ2) is 8.17. The number of phenolic OH excluding ortho intramolecular Hbond substituents is 1. The van der Waals surface area contributed by atoms with Gasteiger partial charge in [-0.05, 0) is 30.3 Å². The Kier molecular flexibility index (Phi) is 5.17. The van der Waals surface area contributed by atoms with Crippen molar-refractivity contribution in [3.8, 4) is 23.0 Å². The van der Waals surface area contributed by atoms with Crippen LogP contribution in [0.25, 0.3) is 0 Å². The van der Waals surface area contributed by atoms with Gasteiger partial charge in [-0.25, -0.2) is 26.7 Å². The maximum absolute atomic E-state index is 14.2. The van der Waals surface area contributed by atoms with Gasteiger partial charge in [-0.2, -0.15) is 8.42 Å². The molecular weight excluding hydrogens is 551 g/mol. The van der Waals surface area contributed by atoms with E-state index >= 15 is 0 Å². The number of fused-ring (bicyclic) bond motifs is 6. The lowest BCUT2D eigenvalue weighted by Gasteiger charge is -2.36. The summed E-state index contributed by atoms with van der Waals surface area (Å²) >= 11 is 0. The Morgan fingerprint density at radius 1 is 0.744 bits per heavy atom. The summed E-state index contributed by atoms with van der Waals surface area (Å²) in [5.41, 5.74) is -0.426. The number of esters is 1. The summed E-state index contributed by atoms with van der Waals surface area (Å²) in [5, 5.41) is 10.0. The highest BCUT2D eigenvalue weighted by Gasteiger charge is 2.53. The van der Waals surface area contributed by atoms with Crippen LogP contribution in [0.3, 0.4) is 0 Å². The van der Waals surface area contributed by atoms with Crippen LogP contribution in [0.4, 0.5) is 22.0 Å². The number of carbonyl (C=O) groups excluding carboxylic acids is 1. The van der Waals surface area contributed by atoms with Gasteiger partial charge in [-0.15, -0.1) is 0 Å². The summed E-state index contributed by atoms with van der Waals surface area (Å²) in [4.78, 5) is 10.6. The van der Waals surface area contributed by atoms with E-state index in [1.807, 2.05) is 0 Å². The highest BCUT2D eigenvalue weighted by atomic mass is 32.2. The van der Waals surface area contributed by atoms with Crippen molar-refractivity contribution in [3.05, 3.63) is 112 Å². The van der Waals surface area contributed by atoms with Crippen molar-refractivity contribution >= 4 is 16.1 Å². The van der Waals surface area contributed by atoms with Crippen molar-refractivity contribution in [2.75, 3.05) is 0 Å². The largest absolute Gasteiger partial charge is 0.508 e. The fourth-order valence-corrected chi connectivity index (χ4v) is 5.73. The zero-order chi connectivity index (χ0) is 27.9. The molecule has 0 saturated heterocycles. The average Bonchev–Trinajstić information content (AvgIpc) is 3.18. The van der Waals surface area contributed by atoms with Crippen LogP contribution in [-0.2, 0) is 20.5 Å². The van der Waals surface area contributed by atoms with Crippen LogP contribution in [-0.4, -0.2) is 19.5 Å². The van der Waals surface area contributed by atoms with Gasteiger partial charge in [0.2, 0.25) is 5.82 Å². The van der Waals surface area contributed by atoms with Crippen LogP contribution in [0.1, 0.15) is 27.0 Å². The van der Waals surface area contributed by atoms with Crippen molar-refractivity contribution in [1.82, 2.24) is 0 Å². The van der Waals surface area contributed by atoms with Gasteiger partial charge in [0.05, 0.1) is 5.56 Å². The van der Waals surface area contributed by atoms with E-state index in [4.69, 9.17) is 13.7 Å². The molecule has 0 saturated carbocycles. The fraction of sp³-hybridized carbons (Fsp3) is 0.0385. The van der Waals surface area contributed by atoms with Crippen molar-refractivity contribution in [1.29, 1.82) is 0 Å². The molecule has 2 heterocycles. The molecule has 7 nitrogen and oxygen atoms in total. The molecule has 0 aliphatic carbocycles. The molecule has 1 atom stereocenters. The molecule has 13 heteroatoms. The predicted molar refractivity (Wildman–Crippen MR) is 120 cm³/mol. The smallest absolute Gasteiger partial charge is 0.345 e. The Hall–Kier alpha value is -4.65. The van der Waals surface area contributed by atoms with Crippen LogP contribution in [0, 0.1) is 29.1 Å². The topological polar surface area (TPSA) is 99.1 Å². The van der Waals surface area contributed by atoms with Gasteiger partial charge >= 0.3 is 16.1 Å². The first kappa shape index (κ1) is 24.7. The van der Waals surface area contributed by atoms with E-state index in [0.29, 0.717) is 11.1 Å². The van der Waals surface area contributed by atoms with Crippen LogP contribution < -0.4 is 8.92 Å². The van der Waals surface area contributed by atoms with E-state index in [2.05, 4.69) is 0 Å². The van der Waals surface area contributed by atoms with E-state index in [9.17, 15) is 40.3 Å². The molecule has 198 valence electrons. The minimum atomic E-state index is -5.59. The minimum Gasteiger partial charge on any atom is -0.508 e. The molecule has 0 bridgehead atoms. The number of hydrogen-bond acceptors (Lipinski definition) is 7. The number of phenols is 1. The maximum atomic E-state index is 14.2. The molecular formula is C26H11F5O7S. The molecule has 4 aromatic carbocycles. The first-order chi connectivity index (χ1) is 18.5. The lowest BCUT2D eigenvalue weighted by Crippen LogP contribution is -2.33. The summed E-state index contributed by atoms with van der Waals surface area (Å²) in [5.74, 6) is -14.3. The number of benzene rings is 4. The van der Waals surface area contributed by atoms with Gasteiger partial charge in [0.25, 0.3) is 0 Å². The van der Waals surface area contributed by atoms with E-state index in [1.165, 1.54) is 30.3 Å². The summed E-state index contributed by atoms with van der Waals surface area (Å²) < 4.78 is 111. The summed E-state index contributed by atoms with van der Waals surface area (Å²) in [6.45, 7) is 0. The molecule has 1 N–H and O–H groups in total. The van der Waals surface area contributed by atoms with Crippen molar-refractivity contribution in [2.24, 2.45) is 0 Å². The molecule has 2 aliphatic rings. The van der Waals surface area contributed by atoms with Gasteiger partial charge in [0, 0.05) is 28.8 Å². The standard InChI is InChI=1S/C26H11F5O7S/c27-19-20(28)22(30)24(23(31)21(19)29)39(34,35)38-12-6-8-16-18(10-12)36-17-9-11(32)5-7-15(17)26(16)14-4-2-1-3-13(14)25(33)37-26/h1-10,32H/t26-/m0/s1. The first-order valence-electron chi connectivity index (χ1n) is 10.9. The maximum Gasteiger partial charge on any atom is 0.345 e. The quantitative estimate of drug-likeness (QED) is 0.117. The highest BCUT2D eigenvalue weighted by molar-refractivity contribution is 7.87. The fourth-order valence-electron chi connectivity index (χ4n) is 4.67. The van der Waals surface area contributed by atoms with Gasteiger partial charge in [0.15, 0.2) is 33.8 Å². The Labute approximate surface area is 215 Å². The first-order valence-corrected chi connectivity index (χ1v) is 12.3. The van der Waals surface area contributed by atoms with Gasteiger partial charge in [-0.1, -0.05) is 18.2 Å². The molecule has 39 heavy (non-hydrogen) atoms. The van der Waals surface area contributed by atoms with Gasteiger partial charge < -0.3 is 18.8 Å². The zero-order valence-corrected chi connectivity index (χ0v) is 19.8. The monoisotopic (exact) mass is 562 g/mol. The number of ether oxygens (including phenoxy) is 2. The average molecular weight is 562 g/mol. The third-order valence-electron chi connectivity index (χ3n) is 6.29. The lowest BCUT2D eigenvalue weighted by atomic mass is 9.77. The molecule has 0 amide bonds. The molecule has 0 fully saturated rings. The number of halogens is 5. The molecule has 2 aliphatic heterocycles. The summed E-state index contributed by atoms with van der Waals surface area (Å²) in [7, 11) is -5.59. The minimum absolute atomic E-state index is 0.0202. The van der Waals surface area contributed by atoms with Crippen molar-refractivity contribution < 1.29 is 53.9 Å². The number of aromatic hydroxyl groups is 1. The Morgan fingerprint density at radius 3 is 2.03 bits per heavy atom. The molecule has 6 rings (SSSR count).